The topological polar surface area (TPSA) is 29.3 Å². The minimum atomic E-state index is 0.106. The van der Waals surface area contributed by atoms with E-state index in [1.165, 1.54) is 35.7 Å². The van der Waals surface area contributed by atoms with Crippen LogP contribution in [0.2, 0.25) is 0 Å². The minimum Gasteiger partial charge on any atom is -0.323 e. The molecular weight excluding hydrogens is 256 g/mol. The monoisotopic (exact) mass is 282 g/mol. The Morgan fingerprint density at radius 2 is 1.90 bits per heavy atom. The Bertz CT molecular complexity index is 605. The van der Waals surface area contributed by atoms with Gasteiger partial charge in [-0.05, 0) is 47.7 Å². The third-order valence-corrected chi connectivity index (χ3v) is 4.82. The molecule has 3 rings (SSSR count). The number of nitrogens with zero attached hydrogens (tertiary/aromatic N) is 1. The van der Waals surface area contributed by atoms with E-state index in [4.69, 9.17) is 5.73 Å². The highest BCUT2D eigenvalue weighted by atomic mass is 15.2. The molecule has 0 saturated carbocycles. The lowest BCUT2D eigenvalue weighted by molar-refractivity contribution is 0.196. The van der Waals surface area contributed by atoms with Crippen molar-refractivity contribution in [2.24, 2.45) is 11.7 Å². The van der Waals surface area contributed by atoms with Crippen molar-refractivity contribution in [3.8, 4) is 0 Å². The highest BCUT2D eigenvalue weighted by Gasteiger charge is 2.28. The summed E-state index contributed by atoms with van der Waals surface area (Å²) in [5.74, 6) is 0.719. The van der Waals surface area contributed by atoms with Crippen LogP contribution in [0.5, 0.6) is 0 Å². The second-order valence-corrected chi connectivity index (χ2v) is 6.66. The third-order valence-electron chi connectivity index (χ3n) is 4.82. The fourth-order valence-electron chi connectivity index (χ4n) is 3.63. The molecule has 1 saturated heterocycles. The highest BCUT2D eigenvalue weighted by Crippen LogP contribution is 2.26. The molecule has 1 fully saturated rings. The maximum absolute atomic E-state index is 6.49. The van der Waals surface area contributed by atoms with E-state index in [9.17, 15) is 0 Å². The first kappa shape index (κ1) is 14.6. The van der Waals surface area contributed by atoms with E-state index in [1.54, 1.807) is 0 Å². The second-order valence-electron chi connectivity index (χ2n) is 6.66. The molecule has 2 heteroatoms. The van der Waals surface area contributed by atoms with Crippen molar-refractivity contribution in [3.05, 3.63) is 48.0 Å². The molecule has 2 aromatic carbocycles. The van der Waals surface area contributed by atoms with Crippen molar-refractivity contribution in [2.75, 3.05) is 13.1 Å². The Morgan fingerprint density at radius 1 is 1.14 bits per heavy atom. The van der Waals surface area contributed by atoms with Gasteiger partial charge in [0.2, 0.25) is 0 Å². The lowest BCUT2D eigenvalue weighted by atomic mass is 9.99. The summed E-state index contributed by atoms with van der Waals surface area (Å²) in [6.07, 6.45) is 2.63. The van der Waals surface area contributed by atoms with Crippen molar-refractivity contribution in [3.63, 3.8) is 0 Å². The van der Waals surface area contributed by atoms with Crippen LogP contribution in [-0.4, -0.2) is 24.0 Å². The van der Waals surface area contributed by atoms with Crippen LogP contribution in [0, 0.1) is 5.92 Å². The third kappa shape index (κ3) is 3.12. The van der Waals surface area contributed by atoms with Gasteiger partial charge in [-0.25, -0.2) is 0 Å². The molecule has 2 N–H and O–H groups in total. The molecule has 2 unspecified atom stereocenters. The van der Waals surface area contributed by atoms with Gasteiger partial charge in [0, 0.05) is 18.6 Å². The van der Waals surface area contributed by atoms with Gasteiger partial charge in [-0.2, -0.15) is 0 Å². The van der Waals surface area contributed by atoms with E-state index in [2.05, 4.69) is 61.2 Å². The van der Waals surface area contributed by atoms with Crippen molar-refractivity contribution in [1.29, 1.82) is 0 Å². The summed E-state index contributed by atoms with van der Waals surface area (Å²) in [4.78, 5) is 2.59. The molecule has 2 atom stereocenters. The largest absolute Gasteiger partial charge is 0.323 e. The van der Waals surface area contributed by atoms with Crippen molar-refractivity contribution >= 4 is 10.8 Å². The normalized spacial score (nSPS) is 21.2. The van der Waals surface area contributed by atoms with Crippen molar-refractivity contribution in [1.82, 2.24) is 4.90 Å². The average molecular weight is 282 g/mol. The molecule has 0 bridgehead atoms. The zero-order valence-electron chi connectivity index (χ0n) is 13.1. The number of benzene rings is 2. The van der Waals surface area contributed by atoms with Crippen LogP contribution in [0.15, 0.2) is 42.5 Å². The highest BCUT2D eigenvalue weighted by molar-refractivity contribution is 5.83. The van der Waals surface area contributed by atoms with E-state index < -0.39 is 0 Å². The Hall–Kier alpha value is -1.38. The molecule has 0 aromatic heterocycles. The fraction of sp³-hybridized carbons (Fsp3) is 0.474. The molecule has 2 nitrogen and oxygen atoms in total. The van der Waals surface area contributed by atoms with Gasteiger partial charge in [0.25, 0.3) is 0 Å². The quantitative estimate of drug-likeness (QED) is 0.919. The molecule has 112 valence electrons. The molecule has 0 radical (unpaired) electrons. The summed E-state index contributed by atoms with van der Waals surface area (Å²) in [6.45, 7) is 6.82. The first-order chi connectivity index (χ1) is 10.1. The van der Waals surface area contributed by atoms with E-state index in [0.717, 1.165) is 12.5 Å². The summed E-state index contributed by atoms with van der Waals surface area (Å²) >= 11 is 0. The van der Waals surface area contributed by atoms with Crippen LogP contribution in [-0.2, 0) is 0 Å². The number of nitrogens with two attached hydrogens (primary N) is 1. The van der Waals surface area contributed by atoms with Gasteiger partial charge in [-0.1, -0.05) is 50.2 Å². The minimum absolute atomic E-state index is 0.106. The first-order valence-corrected chi connectivity index (χ1v) is 8.13. The predicted octanol–water partition coefficient (Wildman–Crippen LogP) is 3.96. The van der Waals surface area contributed by atoms with E-state index in [0.29, 0.717) is 6.04 Å². The zero-order chi connectivity index (χ0) is 14.8. The number of hydrogen-bond acceptors (Lipinski definition) is 2. The first-order valence-electron chi connectivity index (χ1n) is 8.13. The zero-order valence-corrected chi connectivity index (χ0v) is 13.1. The molecule has 1 aliphatic heterocycles. The Labute approximate surface area is 127 Å². The van der Waals surface area contributed by atoms with Crippen LogP contribution in [0.3, 0.4) is 0 Å². The number of likely N-dealkylation sites (tertiary alicyclic amines) is 1. The Morgan fingerprint density at radius 3 is 2.67 bits per heavy atom. The smallest absolute Gasteiger partial charge is 0.0424 e. The lowest BCUT2D eigenvalue weighted by Gasteiger charge is -2.30. The van der Waals surface area contributed by atoms with Crippen LogP contribution in [0.25, 0.3) is 10.8 Å². The standard InChI is InChI=1S/C19H26N2/c1-14(2)19-8-5-11-21(19)13-18(20)17-10-9-15-6-3-4-7-16(15)12-17/h3-4,6-7,9-10,12,14,18-19H,5,8,11,13,20H2,1-2H3. The molecule has 1 aliphatic rings. The maximum Gasteiger partial charge on any atom is 0.0424 e. The predicted molar refractivity (Wildman–Crippen MR) is 90.3 cm³/mol. The number of fused-ring (bicyclic) bond motifs is 1. The summed E-state index contributed by atoms with van der Waals surface area (Å²) in [7, 11) is 0. The van der Waals surface area contributed by atoms with E-state index in [-0.39, 0.29) is 6.04 Å². The molecule has 0 amide bonds. The van der Waals surface area contributed by atoms with Crippen LogP contribution < -0.4 is 5.73 Å². The maximum atomic E-state index is 6.49. The van der Waals surface area contributed by atoms with E-state index in [1.807, 2.05) is 0 Å². The summed E-state index contributed by atoms with van der Waals surface area (Å²) in [5, 5.41) is 2.57. The van der Waals surface area contributed by atoms with Gasteiger partial charge < -0.3 is 5.73 Å². The molecule has 0 aliphatic carbocycles. The molecular formula is C19H26N2. The average Bonchev–Trinajstić information content (AvgIpc) is 2.95. The number of hydrogen-bond donors (Lipinski definition) is 1. The molecule has 2 aromatic rings. The van der Waals surface area contributed by atoms with Crippen molar-refractivity contribution < 1.29 is 0 Å². The second kappa shape index (κ2) is 6.17. The molecule has 0 spiro atoms. The van der Waals surface area contributed by atoms with Gasteiger partial charge in [0.05, 0.1) is 0 Å². The summed E-state index contributed by atoms with van der Waals surface area (Å²) < 4.78 is 0. The van der Waals surface area contributed by atoms with Gasteiger partial charge in [0.1, 0.15) is 0 Å². The molecule has 21 heavy (non-hydrogen) atoms. The summed E-state index contributed by atoms with van der Waals surface area (Å²) in [5.41, 5.74) is 7.74. The van der Waals surface area contributed by atoms with Gasteiger partial charge in [-0.15, -0.1) is 0 Å². The van der Waals surface area contributed by atoms with Crippen LogP contribution in [0.1, 0.15) is 38.3 Å². The summed E-state index contributed by atoms with van der Waals surface area (Å²) in [6, 6.07) is 15.9. The van der Waals surface area contributed by atoms with Crippen molar-refractivity contribution in [2.45, 2.75) is 38.8 Å². The van der Waals surface area contributed by atoms with Gasteiger partial charge >= 0.3 is 0 Å². The van der Waals surface area contributed by atoms with Gasteiger partial charge in [-0.3, -0.25) is 4.90 Å². The van der Waals surface area contributed by atoms with Gasteiger partial charge in [0.15, 0.2) is 0 Å². The van der Waals surface area contributed by atoms with E-state index >= 15 is 0 Å². The number of rotatable bonds is 4. The van der Waals surface area contributed by atoms with Crippen LogP contribution in [0.4, 0.5) is 0 Å². The molecule has 1 heterocycles. The lowest BCUT2D eigenvalue weighted by Crippen LogP contribution is -2.38. The Kier molecular flexibility index (Phi) is 4.27. The van der Waals surface area contributed by atoms with Crippen LogP contribution >= 0.6 is 0 Å². The SMILES string of the molecule is CC(C)C1CCCN1CC(N)c1ccc2ccccc2c1. The Balaban J connectivity index is 1.75. The fourth-order valence-corrected chi connectivity index (χ4v) is 3.63.